The summed E-state index contributed by atoms with van der Waals surface area (Å²) in [6.45, 7) is 16.1. The van der Waals surface area contributed by atoms with Gasteiger partial charge in [-0.15, -0.1) is 0 Å². The molecule has 0 saturated carbocycles. The highest BCUT2D eigenvalue weighted by Crippen LogP contribution is 2.37. The van der Waals surface area contributed by atoms with Crippen LogP contribution in [0.4, 0.5) is 0 Å². The molecule has 0 bridgehead atoms. The van der Waals surface area contributed by atoms with E-state index in [0.29, 0.717) is 25.7 Å². The highest BCUT2D eigenvalue weighted by molar-refractivity contribution is 7.25. The lowest BCUT2D eigenvalue weighted by molar-refractivity contribution is -0.366. The molecule has 0 aromatic heterocycles. The van der Waals surface area contributed by atoms with Crippen LogP contribution in [-0.4, -0.2) is 49.6 Å². The molecule has 0 N–H and O–H groups in total. The molecule has 0 fully saturated rings. The summed E-state index contributed by atoms with van der Waals surface area (Å²) < 4.78 is 49.6. The van der Waals surface area contributed by atoms with Crippen LogP contribution in [0.1, 0.15) is 156 Å². The maximum absolute atomic E-state index is 13.2. The van der Waals surface area contributed by atoms with E-state index in [1.165, 1.54) is 0 Å². The fourth-order valence-corrected chi connectivity index (χ4v) is 5.28. The summed E-state index contributed by atoms with van der Waals surface area (Å²) in [5.74, 6) is -1.31. The van der Waals surface area contributed by atoms with Gasteiger partial charge in [-0.3, -0.25) is 9.30 Å². The standard InChI is InChI=1S/C36H65O9P/c1-7-13-17-21-25-29-40-35(44-33(42-31(37)11-5)27-23-19-15-9-3)36(46-39,41-30-26-22-18-14-8-2)45-34(43-32(38)12-6)28-24-20-16-10-4/h11-12,33-35H,5-10,13-30H2,1-4H3. The minimum atomic E-state index is -1.99. The first kappa shape index (κ1) is 44.4. The number of carbonyl (C=O) groups is 2. The number of carbonyl (C=O) groups excluding carboxylic acids is 2. The van der Waals surface area contributed by atoms with Crippen molar-refractivity contribution >= 4 is 20.4 Å². The summed E-state index contributed by atoms with van der Waals surface area (Å²) in [5, 5.41) is 0. The Hall–Kier alpha value is -1.64. The molecule has 9 nitrogen and oxygen atoms in total. The molecule has 0 aromatic carbocycles. The number of unbranched alkanes of at least 4 members (excludes halogenated alkanes) is 14. The molecule has 0 radical (unpaired) electrons. The third-order valence-corrected chi connectivity index (χ3v) is 8.19. The van der Waals surface area contributed by atoms with Gasteiger partial charge in [0.15, 0.2) is 0 Å². The minimum absolute atomic E-state index is 0.213. The smallest absolute Gasteiger partial charge is 0.332 e. The van der Waals surface area contributed by atoms with E-state index in [-0.39, 0.29) is 13.2 Å². The zero-order chi connectivity index (χ0) is 34.3. The van der Waals surface area contributed by atoms with Crippen LogP contribution in [-0.2, 0) is 42.6 Å². The molecule has 0 saturated heterocycles. The first-order valence-electron chi connectivity index (χ1n) is 17.9. The van der Waals surface area contributed by atoms with Gasteiger partial charge in [0.2, 0.25) is 27.3 Å². The van der Waals surface area contributed by atoms with Crippen molar-refractivity contribution in [1.29, 1.82) is 0 Å². The summed E-state index contributed by atoms with van der Waals surface area (Å²) in [6.07, 6.45) is 16.7. The maximum Gasteiger partial charge on any atom is 0.332 e. The number of hydrogen-bond donors (Lipinski definition) is 0. The Bertz CT molecular complexity index is 793. The minimum Gasteiger partial charge on any atom is -0.433 e. The highest BCUT2D eigenvalue weighted by atomic mass is 31.1. The maximum atomic E-state index is 13.2. The average Bonchev–Trinajstić information content (AvgIpc) is 3.06. The van der Waals surface area contributed by atoms with Gasteiger partial charge in [0.25, 0.3) is 0 Å². The SMILES string of the molecule is C=CC(=O)OC(CCCCCC)OC(OCCCCCCC)C(OCCCCCCC)(OC(CCCCCC)OC(=O)C=C)P=O. The van der Waals surface area contributed by atoms with Gasteiger partial charge in [-0.25, -0.2) is 9.59 Å². The van der Waals surface area contributed by atoms with Crippen molar-refractivity contribution in [2.45, 2.75) is 181 Å². The van der Waals surface area contributed by atoms with E-state index >= 15 is 0 Å². The third-order valence-electron chi connectivity index (χ3n) is 7.49. The topological polar surface area (TPSA) is 107 Å². The summed E-state index contributed by atoms with van der Waals surface area (Å²) >= 11 is 0. The molecule has 0 rings (SSSR count). The Morgan fingerprint density at radius 3 is 1.54 bits per heavy atom. The van der Waals surface area contributed by atoms with Gasteiger partial charge >= 0.3 is 17.5 Å². The van der Waals surface area contributed by atoms with Crippen LogP contribution in [0, 0.1) is 0 Å². The molecule has 0 aromatic rings. The van der Waals surface area contributed by atoms with Gasteiger partial charge in [0.05, 0.1) is 6.61 Å². The molecule has 0 aliphatic carbocycles. The molecule has 4 unspecified atom stereocenters. The van der Waals surface area contributed by atoms with E-state index in [1.54, 1.807) is 0 Å². The van der Waals surface area contributed by atoms with Gasteiger partial charge in [-0.05, 0) is 25.7 Å². The van der Waals surface area contributed by atoms with E-state index in [1.807, 2.05) is 0 Å². The monoisotopic (exact) mass is 672 g/mol. The van der Waals surface area contributed by atoms with E-state index < -0.39 is 44.8 Å². The van der Waals surface area contributed by atoms with Gasteiger partial charge in [-0.1, -0.05) is 131 Å². The lowest BCUT2D eigenvalue weighted by Gasteiger charge is -2.38. The summed E-state index contributed by atoms with van der Waals surface area (Å²) in [4.78, 5) is 24.7. The van der Waals surface area contributed by atoms with Crippen LogP contribution in [0.5, 0.6) is 0 Å². The van der Waals surface area contributed by atoms with Gasteiger partial charge in [-0.2, -0.15) is 0 Å². The van der Waals surface area contributed by atoms with E-state index in [2.05, 4.69) is 40.9 Å². The Labute approximate surface area is 281 Å². The van der Waals surface area contributed by atoms with Crippen molar-refractivity contribution in [3.8, 4) is 0 Å². The lowest BCUT2D eigenvalue weighted by Crippen LogP contribution is -2.50. The molecule has 0 aliphatic rings. The molecule has 0 heterocycles. The quantitative estimate of drug-likeness (QED) is 0.0217. The number of esters is 2. The molecule has 10 heteroatoms. The van der Waals surface area contributed by atoms with Crippen molar-refractivity contribution in [2.24, 2.45) is 0 Å². The number of ether oxygens (including phenoxy) is 6. The Kier molecular flexibility index (Phi) is 29.6. The zero-order valence-electron chi connectivity index (χ0n) is 29.5. The van der Waals surface area contributed by atoms with Crippen LogP contribution < -0.4 is 0 Å². The first-order valence-corrected chi connectivity index (χ1v) is 18.8. The number of hydrogen-bond acceptors (Lipinski definition) is 9. The summed E-state index contributed by atoms with van der Waals surface area (Å²) in [7, 11) is -0.578. The molecule has 0 spiro atoms. The molecule has 46 heavy (non-hydrogen) atoms. The Morgan fingerprint density at radius 1 is 0.630 bits per heavy atom. The van der Waals surface area contributed by atoms with E-state index in [9.17, 15) is 14.2 Å². The number of rotatable bonds is 34. The van der Waals surface area contributed by atoms with Crippen LogP contribution in [0.3, 0.4) is 0 Å². The predicted molar refractivity (Wildman–Crippen MR) is 183 cm³/mol. The molecule has 0 amide bonds. The van der Waals surface area contributed by atoms with Crippen molar-refractivity contribution in [3.05, 3.63) is 25.3 Å². The Morgan fingerprint density at radius 2 is 1.07 bits per heavy atom. The largest absolute Gasteiger partial charge is 0.433 e. The van der Waals surface area contributed by atoms with Crippen molar-refractivity contribution in [1.82, 2.24) is 0 Å². The normalized spacial score (nSPS) is 14.7. The average molecular weight is 673 g/mol. The van der Waals surface area contributed by atoms with Crippen LogP contribution >= 0.6 is 8.46 Å². The highest BCUT2D eigenvalue weighted by Gasteiger charge is 2.49. The van der Waals surface area contributed by atoms with Gasteiger partial charge in [0.1, 0.15) is 0 Å². The summed E-state index contributed by atoms with van der Waals surface area (Å²) in [6, 6.07) is 0. The van der Waals surface area contributed by atoms with Gasteiger partial charge in [0, 0.05) is 31.6 Å². The third kappa shape index (κ3) is 22.0. The summed E-state index contributed by atoms with van der Waals surface area (Å²) in [5.41, 5.74) is -1.99. The van der Waals surface area contributed by atoms with E-state index in [0.717, 1.165) is 115 Å². The molecule has 0 aliphatic heterocycles. The van der Waals surface area contributed by atoms with E-state index in [4.69, 9.17) is 28.4 Å². The van der Waals surface area contributed by atoms with Crippen molar-refractivity contribution in [2.75, 3.05) is 13.2 Å². The fourth-order valence-electron chi connectivity index (χ4n) is 4.75. The van der Waals surface area contributed by atoms with Crippen LogP contribution in [0.2, 0.25) is 0 Å². The fraction of sp³-hybridized carbons (Fsp3) is 0.833. The lowest BCUT2D eigenvalue weighted by atomic mass is 10.1. The second-order valence-electron chi connectivity index (χ2n) is 11.7. The Balaban J connectivity index is 6.43. The molecular formula is C36H65O9P. The predicted octanol–water partition coefficient (Wildman–Crippen LogP) is 10.3. The van der Waals surface area contributed by atoms with Crippen molar-refractivity contribution in [3.63, 3.8) is 0 Å². The van der Waals surface area contributed by atoms with Crippen LogP contribution in [0.25, 0.3) is 0 Å². The second kappa shape index (κ2) is 30.7. The van der Waals surface area contributed by atoms with Crippen LogP contribution in [0.15, 0.2) is 25.3 Å². The second-order valence-corrected chi connectivity index (χ2v) is 12.5. The molecular weight excluding hydrogens is 607 g/mol. The van der Waals surface area contributed by atoms with Gasteiger partial charge < -0.3 is 23.7 Å². The molecule has 4 atom stereocenters. The van der Waals surface area contributed by atoms with Crippen molar-refractivity contribution < 1.29 is 42.6 Å². The zero-order valence-corrected chi connectivity index (χ0v) is 30.4. The first-order chi connectivity index (χ1) is 22.4. The molecule has 268 valence electrons.